The molecule has 2 aromatic rings. The number of hydrogen-bond acceptors (Lipinski definition) is 2. The van der Waals surface area contributed by atoms with Crippen molar-refractivity contribution in [3.8, 4) is 0 Å². The van der Waals surface area contributed by atoms with E-state index in [1.54, 1.807) is 12.1 Å². The third-order valence-corrected chi connectivity index (χ3v) is 5.35. The van der Waals surface area contributed by atoms with Crippen molar-refractivity contribution in [3.05, 3.63) is 58.6 Å². The van der Waals surface area contributed by atoms with Gasteiger partial charge in [0, 0.05) is 22.4 Å². The van der Waals surface area contributed by atoms with Crippen LogP contribution in [0.2, 0.25) is 0 Å². The summed E-state index contributed by atoms with van der Waals surface area (Å²) in [5.74, 6) is 0. The molecule has 1 heterocycles. The number of para-hydroxylation sites is 1. The molecular formula is C14H14BrN4O2P. The lowest BCUT2D eigenvalue weighted by atomic mass is 10.2. The Morgan fingerprint density at radius 2 is 1.86 bits per heavy atom. The van der Waals surface area contributed by atoms with Crippen LogP contribution in [0.3, 0.4) is 0 Å². The van der Waals surface area contributed by atoms with Crippen LogP contribution >= 0.6 is 23.5 Å². The molecule has 8 heteroatoms. The fourth-order valence-electron chi connectivity index (χ4n) is 2.09. The largest absolute Gasteiger partial charge is 0.331 e. The van der Waals surface area contributed by atoms with Gasteiger partial charge in [0.05, 0.1) is 0 Å². The molecule has 1 unspecified atom stereocenters. The summed E-state index contributed by atoms with van der Waals surface area (Å²) in [6, 6.07) is 14.1. The third kappa shape index (κ3) is 3.50. The molecule has 0 spiro atoms. The van der Waals surface area contributed by atoms with Crippen LogP contribution in [0, 0.1) is 0 Å². The summed E-state index contributed by atoms with van der Waals surface area (Å²) < 4.78 is 13.6. The molecule has 0 saturated heterocycles. The average molecular weight is 381 g/mol. The summed E-state index contributed by atoms with van der Waals surface area (Å²) >= 11 is 3.32. The summed E-state index contributed by atoms with van der Waals surface area (Å²) in [6.45, 7) is 0.430. The number of anilines is 2. The lowest BCUT2D eigenvalue weighted by molar-refractivity contribution is 0.256. The number of benzene rings is 2. The minimum absolute atomic E-state index is 0.430. The van der Waals surface area contributed by atoms with Crippen LogP contribution in [0.5, 0.6) is 0 Å². The fraction of sp³-hybridized carbons (Fsp3) is 0.0714. The lowest BCUT2D eigenvalue weighted by Crippen LogP contribution is -2.36. The topological polar surface area (TPSA) is 82.3 Å². The molecule has 1 atom stereocenters. The maximum atomic E-state index is 12.6. The van der Waals surface area contributed by atoms with Crippen LogP contribution in [-0.4, -0.2) is 6.03 Å². The first-order valence-electron chi connectivity index (χ1n) is 6.60. The van der Waals surface area contributed by atoms with Gasteiger partial charge in [-0.15, -0.1) is 0 Å². The Hall–Kier alpha value is -1.82. The van der Waals surface area contributed by atoms with Crippen molar-refractivity contribution in [2.45, 2.75) is 6.54 Å². The van der Waals surface area contributed by atoms with Crippen molar-refractivity contribution in [2.24, 2.45) is 0 Å². The Labute approximate surface area is 136 Å². The first-order chi connectivity index (χ1) is 10.5. The summed E-state index contributed by atoms with van der Waals surface area (Å²) in [4.78, 5) is 12.0. The molecule has 2 aromatic carbocycles. The smallest absolute Gasteiger partial charge is 0.308 e. The van der Waals surface area contributed by atoms with Gasteiger partial charge in [-0.3, -0.25) is 9.65 Å². The molecule has 0 bridgehead atoms. The molecule has 0 radical (unpaired) electrons. The van der Waals surface area contributed by atoms with E-state index in [1.807, 2.05) is 36.4 Å². The van der Waals surface area contributed by atoms with E-state index < -0.39 is 13.6 Å². The van der Waals surface area contributed by atoms with Gasteiger partial charge in [-0.25, -0.2) is 9.88 Å². The van der Waals surface area contributed by atoms with Gasteiger partial charge in [0.2, 0.25) is 0 Å². The van der Waals surface area contributed by atoms with Gasteiger partial charge in [-0.1, -0.05) is 34.1 Å². The van der Waals surface area contributed by atoms with E-state index in [0.29, 0.717) is 12.2 Å². The average Bonchev–Trinajstić information content (AvgIpc) is 2.49. The quantitative estimate of drug-likeness (QED) is 0.595. The van der Waals surface area contributed by atoms with Crippen LogP contribution in [-0.2, 0) is 11.1 Å². The first-order valence-corrected chi connectivity index (χ1v) is 9.10. The van der Waals surface area contributed by atoms with Crippen LogP contribution in [0.1, 0.15) is 5.56 Å². The number of hydrogen-bond donors (Lipinski definition) is 4. The zero-order valence-electron chi connectivity index (χ0n) is 11.5. The number of amides is 2. The normalized spacial score (nSPS) is 19.7. The fourth-order valence-corrected chi connectivity index (χ4v) is 3.86. The molecule has 0 aliphatic carbocycles. The highest BCUT2D eigenvalue weighted by molar-refractivity contribution is 9.10. The standard InChI is InChI=1S/C14H14BrN4O2P/c15-11-5-7-12(8-6-11)17-14(20)19-22(21)16-9-10-3-1-2-4-13(10)18-22/h1-8H,9H2,(H4,16,17,18,19,20,21). The Morgan fingerprint density at radius 3 is 2.64 bits per heavy atom. The molecule has 6 nitrogen and oxygen atoms in total. The number of urea groups is 1. The molecule has 4 N–H and O–H groups in total. The van der Waals surface area contributed by atoms with Gasteiger partial charge in [0.25, 0.3) is 0 Å². The Kier molecular flexibility index (Phi) is 4.20. The van der Waals surface area contributed by atoms with Crippen molar-refractivity contribution in [1.82, 2.24) is 10.2 Å². The highest BCUT2D eigenvalue weighted by Gasteiger charge is 2.29. The van der Waals surface area contributed by atoms with Crippen molar-refractivity contribution in [3.63, 3.8) is 0 Å². The maximum Gasteiger partial charge on any atom is 0.331 e. The minimum atomic E-state index is -3.22. The molecule has 114 valence electrons. The van der Waals surface area contributed by atoms with E-state index in [2.05, 4.69) is 36.5 Å². The van der Waals surface area contributed by atoms with Crippen molar-refractivity contribution in [2.75, 3.05) is 10.4 Å². The third-order valence-electron chi connectivity index (χ3n) is 3.15. The second kappa shape index (κ2) is 6.12. The number of carbonyl (C=O) groups is 1. The van der Waals surface area contributed by atoms with Crippen LogP contribution in [0.25, 0.3) is 0 Å². The predicted octanol–water partition coefficient (Wildman–Crippen LogP) is 3.89. The van der Waals surface area contributed by atoms with Crippen LogP contribution < -0.4 is 20.6 Å². The van der Waals surface area contributed by atoms with Gasteiger partial charge < -0.3 is 10.4 Å². The van der Waals surface area contributed by atoms with E-state index in [4.69, 9.17) is 0 Å². The van der Waals surface area contributed by atoms with E-state index in [-0.39, 0.29) is 0 Å². The molecule has 0 aromatic heterocycles. The molecule has 0 fully saturated rings. The van der Waals surface area contributed by atoms with Crippen LogP contribution in [0.4, 0.5) is 16.2 Å². The van der Waals surface area contributed by atoms with Crippen molar-refractivity contribution >= 4 is 40.9 Å². The molecule has 22 heavy (non-hydrogen) atoms. The number of halogens is 1. The van der Waals surface area contributed by atoms with Gasteiger partial charge >= 0.3 is 13.6 Å². The second-order valence-electron chi connectivity index (χ2n) is 4.79. The molecular weight excluding hydrogens is 367 g/mol. The molecule has 3 rings (SSSR count). The summed E-state index contributed by atoms with van der Waals surface area (Å²) in [6.07, 6.45) is 0. The van der Waals surface area contributed by atoms with E-state index >= 15 is 0 Å². The maximum absolute atomic E-state index is 12.6. The SMILES string of the molecule is O=C(Nc1ccc(Br)cc1)NP1(=O)NCc2ccccc2N1. The van der Waals surface area contributed by atoms with Crippen molar-refractivity contribution in [1.29, 1.82) is 0 Å². The Bertz CT molecular complexity index is 751. The Balaban J connectivity index is 1.66. The number of rotatable bonds is 2. The van der Waals surface area contributed by atoms with Gasteiger partial charge in [-0.2, -0.15) is 0 Å². The highest BCUT2D eigenvalue weighted by atomic mass is 79.9. The van der Waals surface area contributed by atoms with Gasteiger partial charge in [0.1, 0.15) is 0 Å². The number of carbonyl (C=O) groups excluding carboxylic acids is 1. The zero-order valence-corrected chi connectivity index (χ0v) is 13.9. The van der Waals surface area contributed by atoms with E-state index in [0.717, 1.165) is 15.7 Å². The number of nitrogens with one attached hydrogen (secondary N) is 4. The van der Waals surface area contributed by atoms with Gasteiger partial charge in [0.15, 0.2) is 0 Å². The van der Waals surface area contributed by atoms with Crippen LogP contribution in [0.15, 0.2) is 53.0 Å². The number of fused-ring (bicyclic) bond motifs is 1. The summed E-state index contributed by atoms with van der Waals surface area (Å²) in [5, 5.41) is 10.8. The highest BCUT2D eigenvalue weighted by Crippen LogP contribution is 2.42. The molecule has 0 saturated carbocycles. The molecule has 1 aliphatic heterocycles. The monoisotopic (exact) mass is 380 g/mol. The minimum Gasteiger partial charge on any atom is -0.308 e. The van der Waals surface area contributed by atoms with Crippen molar-refractivity contribution < 1.29 is 9.36 Å². The van der Waals surface area contributed by atoms with E-state index in [1.165, 1.54) is 0 Å². The second-order valence-corrected chi connectivity index (χ2v) is 7.68. The summed E-state index contributed by atoms with van der Waals surface area (Å²) in [5.41, 5.74) is 2.38. The first kappa shape index (κ1) is 15.1. The predicted molar refractivity (Wildman–Crippen MR) is 90.8 cm³/mol. The Morgan fingerprint density at radius 1 is 1.14 bits per heavy atom. The summed E-state index contributed by atoms with van der Waals surface area (Å²) in [7, 11) is -3.22. The lowest BCUT2D eigenvalue weighted by Gasteiger charge is -2.28. The van der Waals surface area contributed by atoms with E-state index in [9.17, 15) is 9.36 Å². The van der Waals surface area contributed by atoms with Gasteiger partial charge in [-0.05, 0) is 35.9 Å². The molecule has 1 aliphatic rings. The molecule has 2 amide bonds. The zero-order chi connectivity index (χ0) is 15.6.